The van der Waals surface area contributed by atoms with E-state index < -0.39 is 0 Å². The molecular formula is C16H32N2O. The molecule has 0 bridgehead atoms. The first-order valence-electron chi connectivity index (χ1n) is 7.72. The van der Waals surface area contributed by atoms with Crippen LogP contribution in [0.1, 0.15) is 60.3 Å². The Labute approximate surface area is 118 Å². The predicted molar refractivity (Wildman–Crippen MR) is 80.8 cm³/mol. The van der Waals surface area contributed by atoms with Crippen LogP contribution < -0.4 is 5.73 Å². The van der Waals surface area contributed by atoms with Gasteiger partial charge in [-0.15, -0.1) is 0 Å². The average Bonchev–Trinajstić information content (AvgIpc) is 2.26. The number of piperidine rings is 1. The van der Waals surface area contributed by atoms with E-state index in [-0.39, 0.29) is 6.04 Å². The van der Waals surface area contributed by atoms with Crippen LogP contribution >= 0.6 is 0 Å². The Hall–Kier alpha value is -0.570. The molecule has 0 spiro atoms. The Balaban J connectivity index is 2.35. The first-order chi connectivity index (χ1) is 8.69. The summed E-state index contributed by atoms with van der Waals surface area (Å²) in [6.07, 6.45) is 3.93. The number of likely N-dealkylation sites (tertiary alicyclic amines) is 1. The van der Waals surface area contributed by atoms with Crippen LogP contribution in [0.5, 0.6) is 0 Å². The van der Waals surface area contributed by atoms with Crippen molar-refractivity contribution in [2.75, 3.05) is 13.1 Å². The van der Waals surface area contributed by atoms with Gasteiger partial charge in [0.2, 0.25) is 5.91 Å². The van der Waals surface area contributed by atoms with Gasteiger partial charge in [-0.25, -0.2) is 0 Å². The number of rotatable bonds is 4. The summed E-state index contributed by atoms with van der Waals surface area (Å²) < 4.78 is 0. The van der Waals surface area contributed by atoms with Crippen molar-refractivity contribution in [3.8, 4) is 0 Å². The molecule has 0 saturated carbocycles. The molecular weight excluding hydrogens is 236 g/mol. The monoisotopic (exact) mass is 268 g/mol. The summed E-state index contributed by atoms with van der Waals surface area (Å²) >= 11 is 0. The van der Waals surface area contributed by atoms with Crippen LogP contribution in [0.15, 0.2) is 0 Å². The van der Waals surface area contributed by atoms with Crippen LogP contribution in [0.4, 0.5) is 0 Å². The summed E-state index contributed by atoms with van der Waals surface area (Å²) in [6.45, 7) is 12.8. The van der Waals surface area contributed by atoms with Gasteiger partial charge >= 0.3 is 0 Å². The molecule has 2 unspecified atom stereocenters. The first kappa shape index (κ1) is 16.5. The Bertz CT molecular complexity index is 286. The SMILES string of the molecule is CC(CC(=O)N1CCC(C(C)N)CC1)CC(C)(C)C. The van der Waals surface area contributed by atoms with Gasteiger partial charge in [0, 0.05) is 25.6 Å². The lowest BCUT2D eigenvalue weighted by molar-refractivity contribution is -0.133. The average molecular weight is 268 g/mol. The maximum Gasteiger partial charge on any atom is 0.222 e. The molecule has 0 aromatic rings. The number of hydrogen-bond acceptors (Lipinski definition) is 2. The van der Waals surface area contributed by atoms with Gasteiger partial charge in [-0.1, -0.05) is 27.7 Å². The third kappa shape index (κ3) is 5.94. The van der Waals surface area contributed by atoms with Gasteiger partial charge in [0.15, 0.2) is 0 Å². The van der Waals surface area contributed by atoms with Crippen molar-refractivity contribution < 1.29 is 4.79 Å². The van der Waals surface area contributed by atoms with Crippen LogP contribution in [-0.2, 0) is 4.79 Å². The fourth-order valence-electron chi connectivity index (χ4n) is 3.22. The summed E-state index contributed by atoms with van der Waals surface area (Å²) in [7, 11) is 0. The van der Waals surface area contributed by atoms with E-state index in [1.54, 1.807) is 0 Å². The zero-order valence-corrected chi connectivity index (χ0v) is 13.4. The highest BCUT2D eigenvalue weighted by molar-refractivity contribution is 5.76. The molecule has 112 valence electrons. The summed E-state index contributed by atoms with van der Waals surface area (Å²) in [5, 5.41) is 0. The molecule has 1 rings (SSSR count). The molecule has 0 aromatic carbocycles. The van der Waals surface area contributed by atoms with Crippen LogP contribution in [0.2, 0.25) is 0 Å². The Morgan fingerprint density at radius 1 is 1.26 bits per heavy atom. The highest BCUT2D eigenvalue weighted by Gasteiger charge is 2.26. The van der Waals surface area contributed by atoms with Crippen molar-refractivity contribution in [3.05, 3.63) is 0 Å². The first-order valence-corrected chi connectivity index (χ1v) is 7.72. The Morgan fingerprint density at radius 3 is 2.21 bits per heavy atom. The van der Waals surface area contributed by atoms with Gasteiger partial charge < -0.3 is 10.6 Å². The standard InChI is InChI=1S/C16H32N2O/c1-12(11-16(3,4)5)10-15(19)18-8-6-14(7-9-18)13(2)17/h12-14H,6-11,17H2,1-5H3. The van der Waals surface area contributed by atoms with Gasteiger partial charge in [-0.05, 0) is 43.4 Å². The zero-order chi connectivity index (χ0) is 14.6. The Morgan fingerprint density at radius 2 is 1.79 bits per heavy atom. The number of amides is 1. The molecule has 2 N–H and O–H groups in total. The molecule has 0 radical (unpaired) electrons. The summed E-state index contributed by atoms with van der Waals surface area (Å²) in [5.41, 5.74) is 6.24. The van der Waals surface area contributed by atoms with E-state index in [2.05, 4.69) is 34.6 Å². The van der Waals surface area contributed by atoms with Gasteiger partial charge in [0.25, 0.3) is 0 Å². The van der Waals surface area contributed by atoms with Crippen LogP contribution in [-0.4, -0.2) is 29.9 Å². The van der Waals surface area contributed by atoms with E-state index in [0.717, 1.165) is 32.4 Å². The molecule has 1 fully saturated rings. The van der Waals surface area contributed by atoms with Crippen molar-refractivity contribution in [2.24, 2.45) is 23.0 Å². The van der Waals surface area contributed by atoms with Crippen molar-refractivity contribution in [1.29, 1.82) is 0 Å². The third-order valence-electron chi connectivity index (χ3n) is 4.12. The molecule has 3 nitrogen and oxygen atoms in total. The number of nitrogens with zero attached hydrogens (tertiary/aromatic N) is 1. The van der Waals surface area contributed by atoms with Gasteiger partial charge in [0.05, 0.1) is 0 Å². The minimum Gasteiger partial charge on any atom is -0.343 e. The molecule has 1 aliphatic rings. The normalized spacial score (nSPS) is 21.3. The molecule has 1 saturated heterocycles. The number of carbonyl (C=O) groups is 1. The fraction of sp³-hybridized carbons (Fsp3) is 0.938. The topological polar surface area (TPSA) is 46.3 Å². The molecule has 1 aliphatic heterocycles. The lowest BCUT2D eigenvalue weighted by atomic mass is 9.84. The van der Waals surface area contributed by atoms with Crippen molar-refractivity contribution >= 4 is 5.91 Å². The summed E-state index contributed by atoms with van der Waals surface area (Å²) in [5.74, 6) is 1.40. The lowest BCUT2D eigenvalue weighted by Crippen LogP contribution is -2.43. The smallest absolute Gasteiger partial charge is 0.222 e. The van der Waals surface area contributed by atoms with Crippen molar-refractivity contribution in [1.82, 2.24) is 4.90 Å². The van der Waals surface area contributed by atoms with Crippen LogP contribution in [0, 0.1) is 17.3 Å². The van der Waals surface area contributed by atoms with Crippen LogP contribution in [0.3, 0.4) is 0 Å². The van der Waals surface area contributed by atoms with Gasteiger partial charge in [-0.3, -0.25) is 4.79 Å². The van der Waals surface area contributed by atoms with E-state index in [1.165, 1.54) is 0 Å². The summed E-state index contributed by atoms with van der Waals surface area (Å²) in [6, 6.07) is 0.261. The molecule has 3 heteroatoms. The largest absolute Gasteiger partial charge is 0.343 e. The molecule has 0 aromatic heterocycles. The number of hydrogen-bond donors (Lipinski definition) is 1. The van der Waals surface area contributed by atoms with Gasteiger partial charge in [0.1, 0.15) is 0 Å². The summed E-state index contributed by atoms with van der Waals surface area (Å²) in [4.78, 5) is 14.3. The molecule has 2 atom stereocenters. The Kier molecular flexibility index (Phi) is 5.84. The van der Waals surface area contributed by atoms with E-state index in [9.17, 15) is 4.79 Å². The predicted octanol–water partition coefficient (Wildman–Crippen LogP) is 3.03. The second kappa shape index (κ2) is 6.74. The van der Waals surface area contributed by atoms with E-state index in [0.29, 0.717) is 29.6 Å². The fourth-order valence-corrected chi connectivity index (χ4v) is 3.22. The minimum atomic E-state index is 0.261. The molecule has 1 heterocycles. The van der Waals surface area contributed by atoms with E-state index in [1.807, 2.05) is 4.90 Å². The number of nitrogens with two attached hydrogens (primary N) is 1. The highest BCUT2D eigenvalue weighted by Crippen LogP contribution is 2.27. The third-order valence-corrected chi connectivity index (χ3v) is 4.12. The van der Waals surface area contributed by atoms with Gasteiger partial charge in [-0.2, -0.15) is 0 Å². The minimum absolute atomic E-state index is 0.261. The second-order valence-corrected chi connectivity index (χ2v) is 7.65. The quantitative estimate of drug-likeness (QED) is 0.852. The van der Waals surface area contributed by atoms with E-state index >= 15 is 0 Å². The number of carbonyl (C=O) groups excluding carboxylic acids is 1. The van der Waals surface area contributed by atoms with Crippen molar-refractivity contribution in [3.63, 3.8) is 0 Å². The lowest BCUT2D eigenvalue weighted by Gasteiger charge is -2.34. The molecule has 19 heavy (non-hydrogen) atoms. The maximum absolute atomic E-state index is 12.3. The molecule has 1 amide bonds. The zero-order valence-electron chi connectivity index (χ0n) is 13.4. The molecule has 0 aliphatic carbocycles. The second-order valence-electron chi connectivity index (χ2n) is 7.65. The highest BCUT2D eigenvalue weighted by atomic mass is 16.2. The van der Waals surface area contributed by atoms with E-state index in [4.69, 9.17) is 5.73 Å². The maximum atomic E-state index is 12.3. The van der Waals surface area contributed by atoms with Crippen molar-refractivity contribution in [2.45, 2.75) is 66.3 Å². The van der Waals surface area contributed by atoms with Crippen LogP contribution in [0.25, 0.3) is 0 Å².